The Balaban J connectivity index is 1.73. The maximum absolute atomic E-state index is 13.4. The fourth-order valence-corrected chi connectivity index (χ4v) is 3.97. The molecule has 110 valence electrons. The Hall–Kier alpha value is -0.510. The van der Waals surface area contributed by atoms with Crippen LogP contribution in [0.3, 0.4) is 0 Å². The molecule has 0 bridgehead atoms. The molecular formula is C15H18Cl2FNO. The topological polar surface area (TPSA) is 21.3 Å². The van der Waals surface area contributed by atoms with Crippen molar-refractivity contribution < 1.29 is 9.13 Å². The molecule has 2 saturated carbocycles. The number of anilines is 1. The van der Waals surface area contributed by atoms with E-state index in [9.17, 15) is 4.39 Å². The van der Waals surface area contributed by atoms with Crippen molar-refractivity contribution in [3.05, 3.63) is 28.0 Å². The summed E-state index contributed by atoms with van der Waals surface area (Å²) >= 11 is 11.7. The van der Waals surface area contributed by atoms with Gasteiger partial charge in [-0.25, -0.2) is 4.39 Å². The molecule has 1 spiro atoms. The number of nitrogens with one attached hydrogen (secondary N) is 1. The number of ether oxygens (including phenoxy) is 1. The van der Waals surface area contributed by atoms with Crippen LogP contribution in [0.4, 0.5) is 10.1 Å². The summed E-state index contributed by atoms with van der Waals surface area (Å²) in [7, 11) is 0. The van der Waals surface area contributed by atoms with Gasteiger partial charge in [-0.1, -0.05) is 29.6 Å². The maximum Gasteiger partial charge on any atom is 0.160 e. The van der Waals surface area contributed by atoms with E-state index in [1.165, 1.54) is 19.3 Å². The number of hydrogen-bond donors (Lipinski definition) is 1. The zero-order chi connectivity index (χ0) is 14.3. The highest BCUT2D eigenvalue weighted by molar-refractivity contribution is 6.35. The lowest BCUT2D eigenvalue weighted by Gasteiger charge is -2.61. The second-order valence-electron chi connectivity index (χ2n) is 5.72. The minimum atomic E-state index is -0.557. The van der Waals surface area contributed by atoms with Crippen LogP contribution in [-0.2, 0) is 4.74 Å². The van der Waals surface area contributed by atoms with Crippen molar-refractivity contribution in [1.29, 1.82) is 0 Å². The zero-order valence-electron chi connectivity index (χ0n) is 11.4. The molecule has 0 saturated heterocycles. The number of halogens is 3. The molecule has 2 unspecified atom stereocenters. The van der Waals surface area contributed by atoms with Crippen LogP contribution in [0.2, 0.25) is 10.0 Å². The Morgan fingerprint density at radius 3 is 2.50 bits per heavy atom. The second kappa shape index (κ2) is 5.36. The molecule has 20 heavy (non-hydrogen) atoms. The average molecular weight is 318 g/mol. The third kappa shape index (κ3) is 2.20. The highest BCUT2D eigenvalue weighted by Gasteiger charge is 2.58. The first kappa shape index (κ1) is 14.4. The molecule has 0 heterocycles. The summed E-state index contributed by atoms with van der Waals surface area (Å²) < 4.78 is 19.2. The van der Waals surface area contributed by atoms with Crippen molar-refractivity contribution in [2.75, 3.05) is 11.9 Å². The molecule has 0 radical (unpaired) electrons. The summed E-state index contributed by atoms with van der Waals surface area (Å²) in [6, 6.07) is 3.57. The molecule has 1 aromatic carbocycles. The van der Waals surface area contributed by atoms with Crippen LogP contribution in [0.15, 0.2) is 12.1 Å². The monoisotopic (exact) mass is 317 g/mol. The van der Waals surface area contributed by atoms with E-state index in [1.54, 1.807) is 12.1 Å². The fraction of sp³-hybridized carbons (Fsp3) is 0.600. The number of hydrogen-bond acceptors (Lipinski definition) is 2. The van der Waals surface area contributed by atoms with Crippen LogP contribution in [0.1, 0.15) is 32.6 Å². The first-order chi connectivity index (χ1) is 9.56. The van der Waals surface area contributed by atoms with Crippen LogP contribution >= 0.6 is 23.2 Å². The molecule has 1 N–H and O–H groups in total. The Morgan fingerprint density at radius 1 is 1.35 bits per heavy atom. The molecule has 1 aromatic rings. The average Bonchev–Trinajstić information content (AvgIpc) is 2.32. The molecule has 2 aliphatic rings. The van der Waals surface area contributed by atoms with Gasteiger partial charge in [0.1, 0.15) is 0 Å². The third-order valence-electron chi connectivity index (χ3n) is 4.76. The highest BCUT2D eigenvalue weighted by atomic mass is 35.5. The predicted octanol–water partition coefficient (Wildman–Crippen LogP) is 4.89. The minimum Gasteiger partial charge on any atom is -0.381 e. The maximum atomic E-state index is 13.4. The van der Waals surface area contributed by atoms with Gasteiger partial charge in [0.2, 0.25) is 0 Å². The third-order valence-corrected chi connectivity index (χ3v) is 5.31. The summed E-state index contributed by atoms with van der Waals surface area (Å²) in [5.41, 5.74) is 1.04. The van der Waals surface area contributed by atoms with E-state index in [1.807, 2.05) is 6.92 Å². The van der Waals surface area contributed by atoms with Gasteiger partial charge in [-0.3, -0.25) is 0 Å². The Labute approximate surface area is 128 Å². The van der Waals surface area contributed by atoms with Gasteiger partial charge in [0.05, 0.1) is 16.1 Å². The molecule has 2 nitrogen and oxygen atoms in total. The summed E-state index contributed by atoms with van der Waals surface area (Å²) in [6.07, 6.45) is 4.98. The van der Waals surface area contributed by atoms with Gasteiger partial charge in [-0.05, 0) is 38.3 Å². The minimum absolute atomic E-state index is 0.0586. The van der Waals surface area contributed by atoms with E-state index in [2.05, 4.69) is 5.32 Å². The lowest BCUT2D eigenvalue weighted by molar-refractivity contribution is -0.157. The summed E-state index contributed by atoms with van der Waals surface area (Å²) in [5, 5.41) is 3.57. The van der Waals surface area contributed by atoms with Gasteiger partial charge < -0.3 is 10.1 Å². The van der Waals surface area contributed by atoms with Gasteiger partial charge in [0.15, 0.2) is 5.82 Å². The number of benzene rings is 1. The van der Waals surface area contributed by atoms with Gasteiger partial charge in [-0.2, -0.15) is 0 Å². The first-order valence-electron chi connectivity index (χ1n) is 7.09. The molecule has 0 amide bonds. The van der Waals surface area contributed by atoms with Crippen molar-refractivity contribution in [1.82, 2.24) is 0 Å². The van der Waals surface area contributed by atoms with E-state index >= 15 is 0 Å². The summed E-state index contributed by atoms with van der Waals surface area (Å²) in [4.78, 5) is 0. The van der Waals surface area contributed by atoms with Crippen LogP contribution < -0.4 is 5.32 Å². The van der Waals surface area contributed by atoms with Crippen LogP contribution in [0.5, 0.6) is 0 Å². The van der Waals surface area contributed by atoms with Crippen LogP contribution in [0, 0.1) is 11.2 Å². The Kier molecular flexibility index (Phi) is 3.87. The summed E-state index contributed by atoms with van der Waals surface area (Å²) in [6.45, 7) is 2.79. The molecule has 5 heteroatoms. The zero-order valence-corrected chi connectivity index (χ0v) is 12.9. The van der Waals surface area contributed by atoms with Crippen molar-refractivity contribution in [2.24, 2.45) is 5.41 Å². The lowest BCUT2D eigenvalue weighted by Crippen LogP contribution is -2.64. The van der Waals surface area contributed by atoms with Gasteiger partial charge in [-0.15, -0.1) is 0 Å². The molecule has 0 aliphatic heterocycles. The van der Waals surface area contributed by atoms with Crippen molar-refractivity contribution >= 4 is 28.9 Å². The van der Waals surface area contributed by atoms with Gasteiger partial charge >= 0.3 is 0 Å². The normalized spacial score (nSPS) is 27.0. The Morgan fingerprint density at radius 2 is 2.00 bits per heavy atom. The lowest BCUT2D eigenvalue weighted by atomic mass is 9.51. The highest BCUT2D eigenvalue weighted by Crippen LogP contribution is 2.58. The molecule has 2 fully saturated rings. The van der Waals surface area contributed by atoms with Crippen molar-refractivity contribution in [2.45, 2.75) is 44.8 Å². The van der Waals surface area contributed by atoms with Crippen molar-refractivity contribution in [3.8, 4) is 0 Å². The Bertz CT molecular complexity index is 496. The molecule has 2 atom stereocenters. The SMILES string of the molecule is CCOC1CC(Nc2cc(Cl)c(F)c(Cl)c2)C12CCC2. The molecule has 2 aliphatic carbocycles. The molecule has 0 aromatic heterocycles. The largest absolute Gasteiger partial charge is 0.381 e. The predicted molar refractivity (Wildman–Crippen MR) is 80.1 cm³/mol. The van der Waals surface area contributed by atoms with E-state index in [-0.39, 0.29) is 15.5 Å². The fourth-order valence-electron chi connectivity index (χ4n) is 3.48. The van der Waals surface area contributed by atoms with Gasteiger partial charge in [0.25, 0.3) is 0 Å². The van der Waals surface area contributed by atoms with Crippen LogP contribution in [-0.4, -0.2) is 18.8 Å². The summed E-state index contributed by atoms with van der Waals surface area (Å²) in [5.74, 6) is -0.557. The number of rotatable bonds is 4. The van der Waals surface area contributed by atoms with E-state index in [0.717, 1.165) is 18.7 Å². The first-order valence-corrected chi connectivity index (χ1v) is 7.85. The van der Waals surface area contributed by atoms with Gasteiger partial charge in [0, 0.05) is 23.8 Å². The van der Waals surface area contributed by atoms with E-state index in [0.29, 0.717) is 12.1 Å². The standard InChI is InChI=1S/C15H18Cl2FNO/c1-2-20-13-8-12(15(13)4-3-5-15)19-9-6-10(16)14(18)11(17)7-9/h6-7,12-13,19H,2-5,8H2,1H3. The van der Waals surface area contributed by atoms with E-state index in [4.69, 9.17) is 27.9 Å². The van der Waals surface area contributed by atoms with Crippen molar-refractivity contribution in [3.63, 3.8) is 0 Å². The van der Waals surface area contributed by atoms with E-state index < -0.39 is 5.82 Å². The quantitative estimate of drug-likeness (QED) is 0.798. The van der Waals surface area contributed by atoms with Crippen LogP contribution in [0.25, 0.3) is 0 Å². The smallest absolute Gasteiger partial charge is 0.160 e. The molecular weight excluding hydrogens is 300 g/mol. The second-order valence-corrected chi connectivity index (χ2v) is 6.53. The molecule has 3 rings (SSSR count).